The van der Waals surface area contributed by atoms with Crippen molar-refractivity contribution in [3.05, 3.63) is 60.7 Å². The largest absolute Gasteiger partial charge is 0.427 e. The lowest BCUT2D eigenvalue weighted by molar-refractivity contribution is -0.0893. The molecule has 0 saturated heterocycles. The van der Waals surface area contributed by atoms with E-state index in [1.54, 1.807) is 13.8 Å². The fourth-order valence-electron chi connectivity index (χ4n) is 4.01. The molecule has 5 rings (SSSR count). The van der Waals surface area contributed by atoms with E-state index in [2.05, 4.69) is 65.1 Å². The second kappa shape index (κ2) is 5.73. The monoisotopic (exact) mass is 369 g/mol. The molecule has 4 heteroatoms. The van der Waals surface area contributed by atoms with Gasteiger partial charge in [0.05, 0.1) is 27.8 Å². The van der Waals surface area contributed by atoms with Crippen LogP contribution in [0.1, 0.15) is 27.7 Å². The van der Waals surface area contributed by atoms with Crippen LogP contribution in [0.3, 0.4) is 0 Å². The Balaban J connectivity index is 1.67. The van der Waals surface area contributed by atoms with Crippen LogP contribution in [-0.4, -0.2) is 28.2 Å². The maximum atomic E-state index is 10.3. The SMILES string of the molecule is CC(C)(O)C(C)(C)OBc1ccc2c(c1)c1cccc3c4ccccc4n2c31. The molecule has 1 N–H and O–H groups in total. The summed E-state index contributed by atoms with van der Waals surface area (Å²) in [4.78, 5) is 0. The minimum Gasteiger partial charge on any atom is -0.427 e. The van der Waals surface area contributed by atoms with E-state index in [-0.39, 0.29) is 0 Å². The molecule has 0 radical (unpaired) electrons. The highest BCUT2D eigenvalue weighted by Crippen LogP contribution is 2.38. The van der Waals surface area contributed by atoms with E-state index in [4.69, 9.17) is 4.65 Å². The van der Waals surface area contributed by atoms with Gasteiger partial charge in [-0.2, -0.15) is 0 Å². The molecule has 28 heavy (non-hydrogen) atoms. The van der Waals surface area contributed by atoms with Crippen molar-refractivity contribution in [1.82, 2.24) is 4.40 Å². The Labute approximate surface area is 165 Å². The maximum Gasteiger partial charge on any atom is 0.309 e. The molecule has 0 spiro atoms. The first-order valence-electron chi connectivity index (χ1n) is 9.80. The third-order valence-corrected chi connectivity index (χ3v) is 6.36. The van der Waals surface area contributed by atoms with Crippen LogP contribution in [0.15, 0.2) is 60.7 Å². The van der Waals surface area contributed by atoms with E-state index >= 15 is 0 Å². The molecule has 0 amide bonds. The minimum atomic E-state index is -0.910. The first-order valence-corrected chi connectivity index (χ1v) is 9.80. The van der Waals surface area contributed by atoms with E-state index in [0.29, 0.717) is 7.48 Å². The average Bonchev–Trinajstić information content (AvgIpc) is 3.17. The second-order valence-electron chi connectivity index (χ2n) is 8.76. The van der Waals surface area contributed by atoms with Gasteiger partial charge >= 0.3 is 7.48 Å². The van der Waals surface area contributed by atoms with Gasteiger partial charge in [-0.3, -0.25) is 0 Å². The molecular formula is C24H24BNO2. The zero-order chi connectivity index (χ0) is 19.7. The normalized spacial score (nSPS) is 13.3. The molecule has 0 bridgehead atoms. The second-order valence-corrected chi connectivity index (χ2v) is 8.76. The Morgan fingerprint density at radius 3 is 2.18 bits per heavy atom. The standard InChI is InChI=1S/C24H24BNO2/c1-23(2,27)24(3,4)28-25-15-12-13-21-19(14-15)18-10-7-9-17-16-8-5-6-11-20(16)26(21)22(17)18/h5-14,25,27H,1-4H3. The van der Waals surface area contributed by atoms with Gasteiger partial charge in [0.2, 0.25) is 0 Å². The fourth-order valence-corrected chi connectivity index (χ4v) is 4.01. The molecule has 2 heterocycles. The molecular weight excluding hydrogens is 345 g/mol. The summed E-state index contributed by atoms with van der Waals surface area (Å²) in [6.07, 6.45) is 0. The summed E-state index contributed by atoms with van der Waals surface area (Å²) in [6, 6.07) is 21.7. The average molecular weight is 369 g/mol. The molecule has 2 aromatic heterocycles. The Morgan fingerprint density at radius 1 is 0.786 bits per heavy atom. The van der Waals surface area contributed by atoms with Crippen molar-refractivity contribution in [2.24, 2.45) is 0 Å². The number of hydrogen-bond acceptors (Lipinski definition) is 2. The van der Waals surface area contributed by atoms with Crippen molar-refractivity contribution in [2.75, 3.05) is 0 Å². The number of fused-ring (bicyclic) bond motifs is 6. The zero-order valence-electron chi connectivity index (χ0n) is 16.8. The molecule has 140 valence electrons. The summed E-state index contributed by atoms with van der Waals surface area (Å²) in [6.45, 7) is 7.43. The molecule has 3 aromatic carbocycles. The Bertz CT molecular complexity index is 1330. The summed E-state index contributed by atoms with van der Waals surface area (Å²) in [7, 11) is 0.468. The van der Waals surface area contributed by atoms with Gasteiger partial charge in [-0.1, -0.05) is 54.0 Å². The molecule has 0 aliphatic heterocycles. The number of aromatic nitrogens is 1. The molecule has 0 saturated carbocycles. The van der Waals surface area contributed by atoms with Crippen molar-refractivity contribution in [3.8, 4) is 0 Å². The van der Waals surface area contributed by atoms with Gasteiger partial charge in [0.25, 0.3) is 0 Å². The highest BCUT2D eigenvalue weighted by Gasteiger charge is 2.35. The smallest absolute Gasteiger partial charge is 0.309 e. The van der Waals surface area contributed by atoms with Gasteiger partial charge in [-0.05, 0) is 39.8 Å². The van der Waals surface area contributed by atoms with Crippen molar-refractivity contribution < 1.29 is 9.76 Å². The van der Waals surface area contributed by atoms with E-state index in [0.717, 1.165) is 5.46 Å². The Hall–Kier alpha value is -2.56. The quantitative estimate of drug-likeness (QED) is 0.477. The molecule has 0 aliphatic rings. The summed E-state index contributed by atoms with van der Waals surface area (Å²) in [5.41, 5.74) is 3.32. The first kappa shape index (κ1) is 17.5. The number of aliphatic hydroxyl groups is 1. The van der Waals surface area contributed by atoms with Crippen LogP contribution in [-0.2, 0) is 4.65 Å². The van der Waals surface area contributed by atoms with Gasteiger partial charge in [-0.25, -0.2) is 0 Å². The lowest BCUT2D eigenvalue weighted by Gasteiger charge is -2.37. The fraction of sp³-hybridized carbons (Fsp3) is 0.250. The van der Waals surface area contributed by atoms with E-state index in [1.807, 2.05) is 13.8 Å². The van der Waals surface area contributed by atoms with Crippen molar-refractivity contribution in [1.29, 1.82) is 0 Å². The third kappa shape index (κ3) is 2.38. The highest BCUT2D eigenvalue weighted by molar-refractivity contribution is 6.48. The third-order valence-electron chi connectivity index (χ3n) is 6.36. The number of hydrogen-bond donors (Lipinski definition) is 1. The Morgan fingerprint density at radius 2 is 1.43 bits per heavy atom. The minimum absolute atomic E-state index is 0.468. The molecule has 0 unspecified atom stereocenters. The predicted molar refractivity (Wildman–Crippen MR) is 119 cm³/mol. The topological polar surface area (TPSA) is 33.9 Å². The summed E-state index contributed by atoms with van der Waals surface area (Å²) >= 11 is 0. The van der Waals surface area contributed by atoms with Crippen LogP contribution in [0.25, 0.3) is 38.1 Å². The van der Waals surface area contributed by atoms with Crippen molar-refractivity contribution >= 4 is 51.0 Å². The first-order chi connectivity index (χ1) is 13.3. The van der Waals surface area contributed by atoms with Crippen LogP contribution in [0.5, 0.6) is 0 Å². The van der Waals surface area contributed by atoms with Gasteiger partial charge < -0.3 is 14.2 Å². The van der Waals surface area contributed by atoms with E-state index < -0.39 is 11.2 Å². The van der Waals surface area contributed by atoms with Crippen LogP contribution in [0, 0.1) is 0 Å². The van der Waals surface area contributed by atoms with Gasteiger partial charge in [0, 0.05) is 21.5 Å². The molecule has 0 atom stereocenters. The van der Waals surface area contributed by atoms with Gasteiger partial charge in [0.1, 0.15) is 0 Å². The maximum absolute atomic E-state index is 10.3. The lowest BCUT2D eigenvalue weighted by atomic mass is 9.82. The summed E-state index contributed by atoms with van der Waals surface area (Å²) in [5.74, 6) is 0. The van der Waals surface area contributed by atoms with Crippen LogP contribution < -0.4 is 5.46 Å². The molecule has 5 aromatic rings. The zero-order valence-corrected chi connectivity index (χ0v) is 16.8. The number of rotatable bonds is 4. The van der Waals surface area contributed by atoms with Crippen LogP contribution in [0.2, 0.25) is 0 Å². The van der Waals surface area contributed by atoms with Gasteiger partial charge in [0.15, 0.2) is 0 Å². The lowest BCUT2D eigenvalue weighted by Crippen LogP contribution is -2.49. The summed E-state index contributed by atoms with van der Waals surface area (Å²) < 4.78 is 8.46. The van der Waals surface area contributed by atoms with Crippen LogP contribution in [0.4, 0.5) is 0 Å². The number of benzene rings is 3. The Kier molecular flexibility index (Phi) is 3.59. The predicted octanol–water partition coefficient (Wildman–Crippen LogP) is 4.38. The molecule has 0 aliphatic carbocycles. The van der Waals surface area contributed by atoms with E-state index in [1.165, 1.54) is 38.1 Å². The summed E-state index contributed by atoms with van der Waals surface area (Å²) in [5, 5.41) is 15.4. The number of nitrogens with zero attached hydrogens (tertiary/aromatic N) is 1. The van der Waals surface area contributed by atoms with Crippen LogP contribution >= 0.6 is 0 Å². The molecule has 0 fully saturated rings. The van der Waals surface area contributed by atoms with Crippen molar-refractivity contribution in [3.63, 3.8) is 0 Å². The van der Waals surface area contributed by atoms with E-state index in [9.17, 15) is 5.11 Å². The highest BCUT2D eigenvalue weighted by atomic mass is 16.5. The number of para-hydroxylation sites is 2. The van der Waals surface area contributed by atoms with Crippen molar-refractivity contribution in [2.45, 2.75) is 38.9 Å². The molecule has 3 nitrogen and oxygen atoms in total. The van der Waals surface area contributed by atoms with Gasteiger partial charge in [-0.15, -0.1) is 0 Å².